The van der Waals surface area contributed by atoms with Crippen LogP contribution in [0.2, 0.25) is 0 Å². The van der Waals surface area contributed by atoms with Gasteiger partial charge in [-0.05, 0) is 24.0 Å². The number of aliphatic carboxylic acids is 2. The first kappa shape index (κ1) is 23.1. The Hall–Kier alpha value is -0.170. The number of hydrogen-bond acceptors (Lipinski definition) is 5. The van der Waals surface area contributed by atoms with Gasteiger partial charge >= 0.3 is 59.1 Å². The molecule has 0 amide bonds. The summed E-state index contributed by atoms with van der Waals surface area (Å²) in [6.45, 7) is 3.22. The van der Waals surface area contributed by atoms with Crippen molar-refractivity contribution in [1.82, 2.24) is 0 Å². The molecule has 0 radical (unpaired) electrons. The van der Waals surface area contributed by atoms with Crippen molar-refractivity contribution in [2.75, 3.05) is 0 Å². The number of carboxylic acids is 2. The zero-order valence-electron chi connectivity index (χ0n) is 12.8. The fraction of sp³-hybridized carbons (Fsp3) is 0.357. The Balaban J connectivity index is 0. The fourth-order valence-corrected chi connectivity index (χ4v) is 2.24. The van der Waals surface area contributed by atoms with Crippen LogP contribution in [0.15, 0.2) is 24.3 Å². The zero-order valence-corrected chi connectivity index (χ0v) is 16.8. The van der Waals surface area contributed by atoms with E-state index in [9.17, 15) is 24.6 Å². The summed E-state index contributed by atoms with van der Waals surface area (Å²) in [5.74, 6) is -5.21. The van der Waals surface area contributed by atoms with Gasteiger partial charge in [0.25, 0.3) is 0 Å². The summed E-state index contributed by atoms with van der Waals surface area (Å²) >= 11 is 0. The minimum atomic E-state index is -2.19. The molecule has 5 nitrogen and oxygen atoms in total. The molecule has 1 atom stereocenters. The van der Waals surface area contributed by atoms with Crippen LogP contribution in [0, 0.1) is 0 Å². The van der Waals surface area contributed by atoms with E-state index >= 15 is 0 Å². The Labute approximate surface area is 167 Å². The second-order valence-electron chi connectivity index (χ2n) is 4.17. The SMILES string of the molecule is CCc1ccccc1C(CC)(C(=O)[O-])C(=O)C(=O)[O-].[Na+].[Na+]. The molecule has 21 heavy (non-hydrogen) atoms. The number of carbonyl (C=O) groups is 3. The first-order valence-electron chi connectivity index (χ1n) is 5.97. The molecule has 0 aliphatic heterocycles. The maximum Gasteiger partial charge on any atom is 1.00 e. The zero-order chi connectivity index (χ0) is 14.6. The largest absolute Gasteiger partial charge is 1.00 e. The average Bonchev–Trinajstić information content (AvgIpc) is 2.40. The number of rotatable bonds is 6. The Kier molecular flexibility index (Phi) is 10.7. The average molecular weight is 308 g/mol. The standard InChI is InChI=1S/C14H16O5.2Na/c1-3-9-7-5-6-8-10(9)14(4-2,13(18)19)11(15)12(16)17;;/h5-8H,3-4H2,1-2H3,(H,16,17)(H,18,19);;/q;2*+1/p-2. The molecule has 1 aromatic rings. The van der Waals surface area contributed by atoms with Gasteiger partial charge in [0, 0.05) is 0 Å². The molecule has 7 heteroatoms. The predicted octanol–water partition coefficient (Wildman–Crippen LogP) is -7.03. The molecule has 1 aromatic carbocycles. The molecule has 0 fully saturated rings. The van der Waals surface area contributed by atoms with E-state index in [1.54, 1.807) is 25.1 Å². The van der Waals surface area contributed by atoms with Crippen LogP contribution < -0.4 is 69.3 Å². The van der Waals surface area contributed by atoms with E-state index in [0.29, 0.717) is 12.0 Å². The van der Waals surface area contributed by atoms with Crippen molar-refractivity contribution in [1.29, 1.82) is 0 Å². The van der Waals surface area contributed by atoms with Crippen molar-refractivity contribution in [2.45, 2.75) is 32.1 Å². The van der Waals surface area contributed by atoms with Gasteiger partial charge < -0.3 is 19.8 Å². The van der Waals surface area contributed by atoms with Crippen LogP contribution in [-0.4, -0.2) is 17.7 Å². The van der Waals surface area contributed by atoms with Gasteiger partial charge in [0.15, 0.2) is 5.78 Å². The molecule has 0 heterocycles. The molecule has 0 saturated carbocycles. The third-order valence-corrected chi connectivity index (χ3v) is 3.31. The van der Waals surface area contributed by atoms with Crippen molar-refractivity contribution in [2.24, 2.45) is 0 Å². The van der Waals surface area contributed by atoms with Gasteiger partial charge in [0.2, 0.25) is 0 Å². The van der Waals surface area contributed by atoms with Crippen LogP contribution >= 0.6 is 0 Å². The summed E-state index contributed by atoms with van der Waals surface area (Å²) < 4.78 is 0. The second-order valence-corrected chi connectivity index (χ2v) is 4.17. The number of carboxylic acid groups (broad SMARTS) is 2. The number of Topliss-reactive ketones (excluding diaryl/α,β-unsaturated/α-hetero) is 1. The smallest absolute Gasteiger partial charge is 0.549 e. The normalized spacial score (nSPS) is 12.3. The minimum Gasteiger partial charge on any atom is -0.549 e. The molecule has 1 unspecified atom stereocenters. The molecule has 0 saturated heterocycles. The summed E-state index contributed by atoms with van der Waals surface area (Å²) in [5, 5.41) is 22.3. The van der Waals surface area contributed by atoms with Crippen LogP contribution in [0.3, 0.4) is 0 Å². The molecule has 0 aliphatic carbocycles. The van der Waals surface area contributed by atoms with Crippen LogP contribution in [-0.2, 0) is 26.2 Å². The summed E-state index contributed by atoms with van der Waals surface area (Å²) in [6, 6.07) is 6.36. The van der Waals surface area contributed by atoms with Gasteiger partial charge in [-0.2, -0.15) is 0 Å². The summed E-state index contributed by atoms with van der Waals surface area (Å²) in [7, 11) is 0. The molecule has 0 N–H and O–H groups in total. The van der Waals surface area contributed by atoms with E-state index in [0.717, 1.165) is 0 Å². The third-order valence-electron chi connectivity index (χ3n) is 3.31. The summed E-state index contributed by atoms with van der Waals surface area (Å²) in [4.78, 5) is 34.1. The number of benzene rings is 1. The molecule has 1 rings (SSSR count). The molecule has 0 aromatic heterocycles. The van der Waals surface area contributed by atoms with E-state index in [1.807, 2.05) is 0 Å². The quantitative estimate of drug-likeness (QED) is 0.295. The van der Waals surface area contributed by atoms with Gasteiger partial charge in [-0.15, -0.1) is 0 Å². The summed E-state index contributed by atoms with van der Waals surface area (Å²) in [6.07, 6.45) is 0.269. The monoisotopic (exact) mass is 308 g/mol. The van der Waals surface area contributed by atoms with Crippen LogP contribution in [0.5, 0.6) is 0 Å². The predicted molar refractivity (Wildman–Crippen MR) is 62.8 cm³/mol. The number of hydrogen-bond donors (Lipinski definition) is 0. The third kappa shape index (κ3) is 4.41. The van der Waals surface area contributed by atoms with Crippen molar-refractivity contribution >= 4 is 17.7 Å². The number of carbonyl (C=O) groups excluding carboxylic acids is 3. The molecular weight excluding hydrogens is 294 g/mol. The van der Waals surface area contributed by atoms with Crippen LogP contribution in [0.25, 0.3) is 0 Å². The molecule has 0 spiro atoms. The van der Waals surface area contributed by atoms with Gasteiger partial charge in [0.1, 0.15) is 5.97 Å². The molecule has 102 valence electrons. The van der Waals surface area contributed by atoms with Gasteiger partial charge in [0.05, 0.1) is 11.4 Å². The van der Waals surface area contributed by atoms with Gasteiger partial charge in [-0.25, -0.2) is 0 Å². The van der Waals surface area contributed by atoms with Crippen molar-refractivity contribution < 1.29 is 83.7 Å². The minimum absolute atomic E-state index is 0. The first-order chi connectivity index (χ1) is 8.91. The fourth-order valence-electron chi connectivity index (χ4n) is 2.24. The molecule has 0 aliphatic rings. The van der Waals surface area contributed by atoms with E-state index in [2.05, 4.69) is 0 Å². The van der Waals surface area contributed by atoms with E-state index in [4.69, 9.17) is 0 Å². The van der Waals surface area contributed by atoms with Crippen molar-refractivity contribution in [3.05, 3.63) is 35.4 Å². The Morgan fingerprint density at radius 1 is 1.05 bits per heavy atom. The van der Waals surface area contributed by atoms with E-state index < -0.39 is 23.1 Å². The van der Waals surface area contributed by atoms with Crippen molar-refractivity contribution in [3.63, 3.8) is 0 Å². The van der Waals surface area contributed by atoms with E-state index in [1.165, 1.54) is 13.0 Å². The molecular formula is C14H14Na2O5. The summed E-state index contributed by atoms with van der Waals surface area (Å²) in [5.41, 5.74) is -1.43. The van der Waals surface area contributed by atoms with E-state index in [-0.39, 0.29) is 71.1 Å². The number of ketones is 1. The maximum atomic E-state index is 11.8. The Morgan fingerprint density at radius 2 is 1.57 bits per heavy atom. The number of aryl methyl sites for hydroxylation is 1. The first-order valence-corrected chi connectivity index (χ1v) is 5.97. The second kappa shape index (κ2) is 9.77. The maximum absolute atomic E-state index is 11.8. The Morgan fingerprint density at radius 3 is 1.95 bits per heavy atom. The topological polar surface area (TPSA) is 97.3 Å². The Bertz CT molecular complexity index is 530. The van der Waals surface area contributed by atoms with Crippen LogP contribution in [0.1, 0.15) is 31.4 Å². The molecule has 0 bridgehead atoms. The van der Waals surface area contributed by atoms with Gasteiger partial charge in [-0.1, -0.05) is 38.1 Å². The van der Waals surface area contributed by atoms with Gasteiger partial charge in [-0.3, -0.25) is 4.79 Å². The van der Waals surface area contributed by atoms with Crippen LogP contribution in [0.4, 0.5) is 0 Å². The van der Waals surface area contributed by atoms with Crippen molar-refractivity contribution in [3.8, 4) is 0 Å².